The highest BCUT2D eigenvalue weighted by Gasteiger charge is 2.21. The standard InChI is InChI=1S/C14H22ClN3OS/c1-9(2)18-14(19)13(15)12(8-16-18)17-10-4-6-11(20-3)7-5-10/h8-11,17H,4-7H2,1-3H3. The predicted octanol–water partition coefficient (Wildman–Crippen LogP) is 3.56. The van der Waals surface area contributed by atoms with E-state index in [1.54, 1.807) is 6.20 Å². The number of thioether (sulfide) groups is 1. The van der Waals surface area contributed by atoms with Gasteiger partial charge in [0.1, 0.15) is 5.02 Å². The lowest BCUT2D eigenvalue weighted by Crippen LogP contribution is -2.30. The summed E-state index contributed by atoms with van der Waals surface area (Å²) in [6.45, 7) is 3.84. The maximum absolute atomic E-state index is 12.1. The molecule has 1 saturated carbocycles. The molecule has 1 heterocycles. The number of anilines is 1. The van der Waals surface area contributed by atoms with Gasteiger partial charge in [0.25, 0.3) is 5.56 Å². The summed E-state index contributed by atoms with van der Waals surface area (Å²) >= 11 is 8.12. The molecule has 4 nitrogen and oxygen atoms in total. The molecule has 0 spiro atoms. The Balaban J connectivity index is 2.07. The lowest BCUT2D eigenvalue weighted by Gasteiger charge is -2.29. The second kappa shape index (κ2) is 6.85. The molecule has 20 heavy (non-hydrogen) atoms. The highest BCUT2D eigenvalue weighted by atomic mass is 35.5. The Morgan fingerprint density at radius 1 is 1.40 bits per heavy atom. The zero-order valence-corrected chi connectivity index (χ0v) is 13.8. The van der Waals surface area contributed by atoms with Crippen LogP contribution in [0.3, 0.4) is 0 Å². The molecule has 1 aromatic heterocycles. The van der Waals surface area contributed by atoms with Gasteiger partial charge in [-0.2, -0.15) is 16.9 Å². The van der Waals surface area contributed by atoms with Crippen LogP contribution in [0.5, 0.6) is 0 Å². The smallest absolute Gasteiger partial charge is 0.287 e. The van der Waals surface area contributed by atoms with Crippen LogP contribution in [-0.4, -0.2) is 27.3 Å². The average Bonchev–Trinajstić information content (AvgIpc) is 2.44. The Bertz CT molecular complexity index is 510. The molecule has 0 unspecified atom stereocenters. The van der Waals surface area contributed by atoms with Gasteiger partial charge in [0.05, 0.1) is 17.9 Å². The molecule has 112 valence electrons. The second-order valence-electron chi connectivity index (χ2n) is 5.57. The summed E-state index contributed by atoms with van der Waals surface area (Å²) in [6, 6.07) is 0.415. The molecule has 0 bridgehead atoms. The number of hydrogen-bond acceptors (Lipinski definition) is 4. The summed E-state index contributed by atoms with van der Waals surface area (Å²) in [5.41, 5.74) is 0.450. The van der Waals surface area contributed by atoms with E-state index in [4.69, 9.17) is 11.6 Å². The molecule has 0 atom stereocenters. The minimum absolute atomic E-state index is 0.0195. The normalized spacial score (nSPS) is 23.1. The van der Waals surface area contributed by atoms with Gasteiger partial charge in [-0.3, -0.25) is 4.79 Å². The maximum atomic E-state index is 12.1. The minimum Gasteiger partial charge on any atom is -0.380 e. The van der Waals surface area contributed by atoms with Crippen LogP contribution in [0.25, 0.3) is 0 Å². The van der Waals surface area contributed by atoms with Crippen LogP contribution in [0, 0.1) is 0 Å². The molecule has 0 amide bonds. The van der Waals surface area contributed by atoms with E-state index in [0.717, 1.165) is 18.1 Å². The summed E-state index contributed by atoms with van der Waals surface area (Å²) in [5.74, 6) is 0. The fraction of sp³-hybridized carbons (Fsp3) is 0.714. The molecule has 1 aliphatic carbocycles. The third kappa shape index (κ3) is 3.50. The second-order valence-corrected chi connectivity index (χ2v) is 7.09. The third-order valence-corrected chi connectivity index (χ3v) is 5.30. The van der Waals surface area contributed by atoms with Gasteiger partial charge in [0, 0.05) is 11.3 Å². The molecule has 1 aromatic rings. The van der Waals surface area contributed by atoms with Crippen molar-refractivity contribution in [2.45, 2.75) is 56.9 Å². The van der Waals surface area contributed by atoms with Gasteiger partial charge in [0.2, 0.25) is 0 Å². The Morgan fingerprint density at radius 3 is 2.60 bits per heavy atom. The number of nitrogens with zero attached hydrogens (tertiary/aromatic N) is 2. The average molecular weight is 316 g/mol. The molecule has 1 aliphatic rings. The van der Waals surface area contributed by atoms with Gasteiger partial charge >= 0.3 is 0 Å². The van der Waals surface area contributed by atoms with Gasteiger partial charge in [-0.15, -0.1) is 0 Å². The molecule has 0 radical (unpaired) electrons. The summed E-state index contributed by atoms with van der Waals surface area (Å²) in [6.07, 6.45) is 8.51. The van der Waals surface area contributed by atoms with Gasteiger partial charge in [-0.25, -0.2) is 4.68 Å². The Hall–Kier alpha value is -0.680. The monoisotopic (exact) mass is 315 g/mol. The van der Waals surface area contributed by atoms with E-state index in [0.29, 0.717) is 11.7 Å². The fourth-order valence-corrected chi connectivity index (χ4v) is 3.51. The number of halogens is 1. The van der Waals surface area contributed by atoms with Crippen LogP contribution >= 0.6 is 23.4 Å². The summed E-state index contributed by atoms with van der Waals surface area (Å²) in [5, 5.41) is 8.60. The van der Waals surface area contributed by atoms with Crippen molar-refractivity contribution in [2.24, 2.45) is 0 Å². The van der Waals surface area contributed by atoms with Crippen LogP contribution in [0.15, 0.2) is 11.0 Å². The molecule has 1 fully saturated rings. The SMILES string of the molecule is CSC1CCC(Nc2cnn(C(C)C)c(=O)c2Cl)CC1. The first-order chi connectivity index (χ1) is 9.52. The number of aromatic nitrogens is 2. The van der Waals surface area contributed by atoms with Crippen molar-refractivity contribution in [3.8, 4) is 0 Å². The topological polar surface area (TPSA) is 46.9 Å². The van der Waals surface area contributed by atoms with Crippen molar-refractivity contribution >= 4 is 29.1 Å². The van der Waals surface area contributed by atoms with Gasteiger partial charge in [-0.1, -0.05) is 11.6 Å². The van der Waals surface area contributed by atoms with E-state index in [1.165, 1.54) is 17.5 Å². The molecule has 0 saturated heterocycles. The number of nitrogens with one attached hydrogen (secondary N) is 1. The third-order valence-electron chi connectivity index (χ3n) is 3.80. The quantitative estimate of drug-likeness (QED) is 0.922. The number of hydrogen-bond donors (Lipinski definition) is 1. The zero-order chi connectivity index (χ0) is 14.7. The summed E-state index contributed by atoms with van der Waals surface area (Å²) in [4.78, 5) is 12.1. The van der Waals surface area contributed by atoms with Crippen molar-refractivity contribution in [3.05, 3.63) is 21.6 Å². The van der Waals surface area contributed by atoms with Gasteiger partial charge in [-0.05, 0) is 45.8 Å². The van der Waals surface area contributed by atoms with Crippen molar-refractivity contribution in [3.63, 3.8) is 0 Å². The lowest BCUT2D eigenvalue weighted by atomic mass is 9.95. The minimum atomic E-state index is -0.218. The van der Waals surface area contributed by atoms with Crippen molar-refractivity contribution in [1.82, 2.24) is 9.78 Å². The van der Waals surface area contributed by atoms with Crippen LogP contribution in [-0.2, 0) is 0 Å². The van der Waals surface area contributed by atoms with Gasteiger partial charge in [0.15, 0.2) is 0 Å². The molecule has 0 aromatic carbocycles. The first-order valence-corrected chi connectivity index (χ1v) is 8.76. The van der Waals surface area contributed by atoms with Crippen LogP contribution in [0.4, 0.5) is 5.69 Å². The zero-order valence-electron chi connectivity index (χ0n) is 12.2. The summed E-state index contributed by atoms with van der Waals surface area (Å²) < 4.78 is 1.41. The molecular formula is C14H22ClN3OS. The first kappa shape index (κ1) is 15.7. The van der Waals surface area contributed by atoms with Gasteiger partial charge < -0.3 is 5.32 Å². The summed E-state index contributed by atoms with van der Waals surface area (Å²) in [7, 11) is 0. The lowest BCUT2D eigenvalue weighted by molar-refractivity contribution is 0.471. The maximum Gasteiger partial charge on any atom is 0.287 e. The molecular weight excluding hydrogens is 294 g/mol. The van der Waals surface area contributed by atoms with E-state index in [2.05, 4.69) is 16.7 Å². The van der Waals surface area contributed by atoms with Crippen molar-refractivity contribution in [2.75, 3.05) is 11.6 Å². The van der Waals surface area contributed by atoms with Crippen LogP contribution in [0.2, 0.25) is 5.02 Å². The Morgan fingerprint density at radius 2 is 2.05 bits per heavy atom. The largest absolute Gasteiger partial charge is 0.380 e. The number of rotatable bonds is 4. The van der Waals surface area contributed by atoms with Crippen molar-refractivity contribution in [1.29, 1.82) is 0 Å². The van der Waals surface area contributed by atoms with Crippen LogP contribution < -0.4 is 10.9 Å². The molecule has 6 heteroatoms. The Labute approximate surface area is 129 Å². The fourth-order valence-electron chi connectivity index (χ4n) is 2.58. The molecule has 1 N–H and O–H groups in total. The predicted molar refractivity (Wildman–Crippen MR) is 87.1 cm³/mol. The van der Waals surface area contributed by atoms with E-state index < -0.39 is 0 Å². The Kier molecular flexibility index (Phi) is 5.38. The highest BCUT2D eigenvalue weighted by molar-refractivity contribution is 7.99. The molecule has 0 aliphatic heterocycles. The van der Waals surface area contributed by atoms with E-state index in [1.807, 2.05) is 25.6 Å². The van der Waals surface area contributed by atoms with E-state index in [-0.39, 0.29) is 16.6 Å². The van der Waals surface area contributed by atoms with Crippen molar-refractivity contribution < 1.29 is 0 Å². The highest BCUT2D eigenvalue weighted by Crippen LogP contribution is 2.29. The van der Waals surface area contributed by atoms with Crippen LogP contribution in [0.1, 0.15) is 45.6 Å². The first-order valence-electron chi connectivity index (χ1n) is 7.09. The van der Waals surface area contributed by atoms with E-state index in [9.17, 15) is 4.79 Å². The molecule has 2 rings (SSSR count). The van der Waals surface area contributed by atoms with E-state index >= 15 is 0 Å².